The molecule has 0 spiro atoms. The van der Waals surface area contributed by atoms with Crippen molar-refractivity contribution in [2.24, 2.45) is 5.92 Å². The Bertz CT molecular complexity index is 689. The first kappa shape index (κ1) is 15.6. The summed E-state index contributed by atoms with van der Waals surface area (Å²) in [7, 11) is 0. The summed E-state index contributed by atoms with van der Waals surface area (Å²) >= 11 is 0. The van der Waals surface area contributed by atoms with Crippen LogP contribution in [0.4, 0.5) is 0 Å². The fraction of sp³-hybridized carbons (Fsp3) is 0.529. The van der Waals surface area contributed by atoms with E-state index < -0.39 is 0 Å². The molecule has 2 aromatic rings. The van der Waals surface area contributed by atoms with Crippen molar-refractivity contribution >= 4 is 5.91 Å². The van der Waals surface area contributed by atoms with Crippen LogP contribution >= 0.6 is 0 Å². The molecule has 0 unspecified atom stereocenters. The van der Waals surface area contributed by atoms with Crippen LogP contribution in [0.3, 0.4) is 0 Å². The second-order valence-electron chi connectivity index (χ2n) is 6.34. The molecule has 1 aliphatic rings. The third-order valence-electron chi connectivity index (χ3n) is 4.59. The highest BCUT2D eigenvalue weighted by molar-refractivity contribution is 5.73. The SMILES string of the molecule is CC(=O)N1CCC[C@H](Cc2nccnc2-c2c(C)n[nH]c2C)C1. The van der Waals surface area contributed by atoms with Gasteiger partial charge in [0.15, 0.2) is 0 Å². The number of carbonyl (C=O) groups excluding carboxylic acids is 1. The number of aromatic amines is 1. The van der Waals surface area contributed by atoms with E-state index in [4.69, 9.17) is 0 Å². The third-order valence-corrected chi connectivity index (χ3v) is 4.59. The zero-order chi connectivity index (χ0) is 16.4. The lowest BCUT2D eigenvalue weighted by Crippen LogP contribution is -2.39. The summed E-state index contributed by atoms with van der Waals surface area (Å²) in [5.74, 6) is 0.603. The molecule has 122 valence electrons. The number of nitrogens with zero attached hydrogens (tertiary/aromatic N) is 4. The summed E-state index contributed by atoms with van der Waals surface area (Å²) in [5.41, 5.74) is 4.91. The maximum Gasteiger partial charge on any atom is 0.219 e. The number of hydrogen-bond donors (Lipinski definition) is 1. The topological polar surface area (TPSA) is 74.8 Å². The fourth-order valence-corrected chi connectivity index (χ4v) is 3.42. The van der Waals surface area contributed by atoms with Gasteiger partial charge in [0, 0.05) is 43.7 Å². The Morgan fingerprint density at radius 2 is 2.13 bits per heavy atom. The maximum absolute atomic E-state index is 11.6. The van der Waals surface area contributed by atoms with Gasteiger partial charge in [-0.05, 0) is 39.0 Å². The molecular weight excluding hydrogens is 290 g/mol. The van der Waals surface area contributed by atoms with Crippen LogP contribution in [0.2, 0.25) is 0 Å². The van der Waals surface area contributed by atoms with Crippen LogP contribution in [0.1, 0.15) is 36.8 Å². The van der Waals surface area contributed by atoms with Gasteiger partial charge in [0.1, 0.15) is 0 Å². The highest BCUT2D eigenvalue weighted by atomic mass is 16.2. The van der Waals surface area contributed by atoms with Gasteiger partial charge in [0.2, 0.25) is 5.91 Å². The minimum atomic E-state index is 0.163. The Balaban J connectivity index is 1.85. The Morgan fingerprint density at radius 3 is 2.83 bits per heavy atom. The summed E-state index contributed by atoms with van der Waals surface area (Å²) < 4.78 is 0. The van der Waals surface area contributed by atoms with Crippen LogP contribution in [0, 0.1) is 19.8 Å². The average molecular weight is 313 g/mol. The largest absolute Gasteiger partial charge is 0.343 e. The number of amides is 1. The van der Waals surface area contributed by atoms with Gasteiger partial charge < -0.3 is 4.90 Å². The summed E-state index contributed by atoms with van der Waals surface area (Å²) in [5, 5.41) is 7.29. The molecule has 6 nitrogen and oxygen atoms in total. The number of aromatic nitrogens is 4. The molecule has 0 aliphatic carbocycles. The molecular formula is C17H23N5O. The molecule has 3 rings (SSSR count). The highest BCUT2D eigenvalue weighted by Gasteiger charge is 2.24. The minimum Gasteiger partial charge on any atom is -0.343 e. The van der Waals surface area contributed by atoms with Gasteiger partial charge in [0.05, 0.1) is 17.1 Å². The zero-order valence-electron chi connectivity index (χ0n) is 14.0. The molecule has 23 heavy (non-hydrogen) atoms. The van der Waals surface area contributed by atoms with Crippen molar-refractivity contribution in [3.63, 3.8) is 0 Å². The summed E-state index contributed by atoms with van der Waals surface area (Å²) in [6.07, 6.45) is 6.51. The zero-order valence-corrected chi connectivity index (χ0v) is 14.0. The number of likely N-dealkylation sites (tertiary alicyclic amines) is 1. The van der Waals surface area contributed by atoms with Crippen LogP contribution in [-0.4, -0.2) is 44.1 Å². The second kappa shape index (κ2) is 6.48. The molecule has 1 atom stereocenters. The van der Waals surface area contributed by atoms with Crippen LogP contribution in [0.15, 0.2) is 12.4 Å². The van der Waals surface area contributed by atoms with Crippen LogP contribution in [-0.2, 0) is 11.2 Å². The van der Waals surface area contributed by atoms with Gasteiger partial charge in [0.25, 0.3) is 0 Å². The number of aryl methyl sites for hydroxylation is 2. The van der Waals surface area contributed by atoms with Gasteiger partial charge >= 0.3 is 0 Å². The molecule has 0 radical (unpaired) electrons. The van der Waals surface area contributed by atoms with Gasteiger partial charge in [-0.2, -0.15) is 5.10 Å². The first-order valence-corrected chi connectivity index (χ1v) is 8.13. The van der Waals surface area contributed by atoms with Gasteiger partial charge in [-0.3, -0.25) is 19.9 Å². The second-order valence-corrected chi connectivity index (χ2v) is 6.34. The summed E-state index contributed by atoms with van der Waals surface area (Å²) in [6.45, 7) is 7.32. The Kier molecular flexibility index (Phi) is 4.41. The number of hydrogen-bond acceptors (Lipinski definition) is 4. The number of nitrogens with one attached hydrogen (secondary N) is 1. The van der Waals surface area contributed by atoms with E-state index in [1.54, 1.807) is 19.3 Å². The quantitative estimate of drug-likeness (QED) is 0.943. The standard InChI is InChI=1S/C17H23N5O/c1-11-16(12(2)21-20-11)17-15(18-6-7-19-17)9-14-5-4-8-22(10-14)13(3)23/h6-7,14H,4-5,8-10H2,1-3H3,(H,20,21)/t14-/m1/s1. The molecule has 2 aromatic heterocycles. The van der Waals surface area contributed by atoms with Crippen LogP contribution in [0.25, 0.3) is 11.3 Å². The van der Waals surface area contributed by atoms with Crippen molar-refractivity contribution in [2.75, 3.05) is 13.1 Å². The van der Waals surface area contributed by atoms with E-state index in [1.165, 1.54) is 0 Å². The van der Waals surface area contributed by atoms with E-state index in [2.05, 4.69) is 20.2 Å². The number of carbonyl (C=O) groups is 1. The molecule has 1 aliphatic heterocycles. The minimum absolute atomic E-state index is 0.163. The lowest BCUT2D eigenvalue weighted by Gasteiger charge is -2.32. The van der Waals surface area contributed by atoms with Gasteiger partial charge in [-0.1, -0.05) is 0 Å². The van der Waals surface area contributed by atoms with Crippen molar-refractivity contribution in [3.8, 4) is 11.3 Å². The van der Waals surface area contributed by atoms with Crippen molar-refractivity contribution in [1.82, 2.24) is 25.1 Å². The molecule has 6 heteroatoms. The van der Waals surface area contributed by atoms with E-state index in [0.29, 0.717) is 5.92 Å². The van der Waals surface area contributed by atoms with Crippen molar-refractivity contribution < 1.29 is 4.79 Å². The van der Waals surface area contributed by atoms with Crippen molar-refractivity contribution in [3.05, 3.63) is 29.5 Å². The molecule has 3 heterocycles. The van der Waals surface area contributed by atoms with E-state index in [-0.39, 0.29) is 5.91 Å². The van der Waals surface area contributed by atoms with Crippen molar-refractivity contribution in [2.45, 2.75) is 40.0 Å². The monoisotopic (exact) mass is 313 g/mol. The van der Waals surface area contributed by atoms with Gasteiger partial charge in [-0.15, -0.1) is 0 Å². The molecule has 1 N–H and O–H groups in total. The lowest BCUT2D eigenvalue weighted by molar-refractivity contribution is -0.130. The van der Waals surface area contributed by atoms with E-state index in [9.17, 15) is 4.79 Å². The van der Waals surface area contributed by atoms with Crippen LogP contribution in [0.5, 0.6) is 0 Å². The lowest BCUT2D eigenvalue weighted by atomic mass is 9.91. The molecule has 0 saturated carbocycles. The molecule has 0 bridgehead atoms. The van der Waals surface area contributed by atoms with Gasteiger partial charge in [-0.25, -0.2) is 0 Å². The Morgan fingerprint density at radius 1 is 1.35 bits per heavy atom. The first-order chi connectivity index (χ1) is 11.1. The fourth-order valence-electron chi connectivity index (χ4n) is 3.42. The highest BCUT2D eigenvalue weighted by Crippen LogP contribution is 2.28. The van der Waals surface area contributed by atoms with E-state index in [1.807, 2.05) is 18.7 Å². The predicted octanol–water partition coefficient (Wildman–Crippen LogP) is 2.28. The van der Waals surface area contributed by atoms with Crippen molar-refractivity contribution in [1.29, 1.82) is 0 Å². The molecule has 0 aromatic carbocycles. The Hall–Kier alpha value is -2.24. The van der Waals surface area contributed by atoms with E-state index >= 15 is 0 Å². The van der Waals surface area contributed by atoms with Crippen LogP contribution < -0.4 is 0 Å². The predicted molar refractivity (Wildman–Crippen MR) is 87.8 cm³/mol. The smallest absolute Gasteiger partial charge is 0.219 e. The summed E-state index contributed by atoms with van der Waals surface area (Å²) in [4.78, 5) is 22.7. The molecule has 1 amide bonds. The number of H-pyrrole nitrogens is 1. The number of piperidine rings is 1. The Labute approximate surface area is 136 Å². The number of rotatable bonds is 3. The average Bonchev–Trinajstić information content (AvgIpc) is 2.87. The first-order valence-electron chi connectivity index (χ1n) is 8.13. The molecule has 1 fully saturated rings. The third kappa shape index (κ3) is 3.25. The normalized spacial score (nSPS) is 18.2. The summed E-state index contributed by atoms with van der Waals surface area (Å²) in [6, 6.07) is 0. The maximum atomic E-state index is 11.6. The van der Waals surface area contributed by atoms with E-state index in [0.717, 1.165) is 60.7 Å². The molecule has 1 saturated heterocycles.